The van der Waals surface area contributed by atoms with Crippen molar-refractivity contribution in [2.24, 2.45) is 5.92 Å². The highest BCUT2D eigenvalue weighted by Crippen LogP contribution is 2.32. The third-order valence-electron chi connectivity index (χ3n) is 8.33. The molecule has 1 saturated heterocycles. The standard InChI is InChI=1S/C35H39ClN4O4S/c1-6-22-9-8-10-23(7-2)31(22)40-30(15-20(3)4)26(33(41)39-18-28(35(43)44)37-17-21(39)5)16-27(34(40)42)32-38-29(19-45-32)24-11-13-25(36)14-12-24/h8-14,16,19-21,28,37H,6-7,15,17-18H2,1-5H3,(H,43,44). The second-order valence-corrected chi connectivity index (χ2v) is 13.2. The number of rotatable bonds is 9. The van der Waals surface area contributed by atoms with E-state index in [0.717, 1.165) is 22.4 Å². The lowest BCUT2D eigenvalue weighted by Crippen LogP contribution is -2.59. The van der Waals surface area contributed by atoms with Crippen molar-refractivity contribution < 1.29 is 14.7 Å². The molecular formula is C35H39ClN4O4S. The van der Waals surface area contributed by atoms with E-state index in [4.69, 9.17) is 16.6 Å². The van der Waals surface area contributed by atoms with E-state index in [1.807, 2.05) is 42.6 Å². The number of pyridine rings is 1. The molecule has 2 aromatic carbocycles. The van der Waals surface area contributed by atoms with Gasteiger partial charge in [-0.2, -0.15) is 0 Å². The van der Waals surface area contributed by atoms with Crippen LogP contribution in [-0.4, -0.2) is 56.6 Å². The van der Waals surface area contributed by atoms with Crippen molar-refractivity contribution in [3.8, 4) is 27.5 Å². The summed E-state index contributed by atoms with van der Waals surface area (Å²) >= 11 is 7.46. The molecule has 0 aliphatic carbocycles. The highest BCUT2D eigenvalue weighted by atomic mass is 35.5. The van der Waals surface area contributed by atoms with Crippen LogP contribution in [0.5, 0.6) is 0 Å². The van der Waals surface area contributed by atoms with Crippen molar-refractivity contribution in [2.45, 2.75) is 66.0 Å². The van der Waals surface area contributed by atoms with Gasteiger partial charge in [-0.25, -0.2) is 4.98 Å². The average molecular weight is 647 g/mol. The molecule has 0 saturated carbocycles. The number of carboxylic acid groups (broad SMARTS) is 1. The van der Waals surface area contributed by atoms with Crippen LogP contribution in [0.3, 0.4) is 0 Å². The van der Waals surface area contributed by atoms with Crippen LogP contribution in [0.1, 0.15) is 61.8 Å². The Hall–Kier alpha value is -3.79. The van der Waals surface area contributed by atoms with E-state index < -0.39 is 12.0 Å². The molecule has 0 spiro atoms. The number of nitrogens with zero attached hydrogens (tertiary/aromatic N) is 3. The van der Waals surface area contributed by atoms with Gasteiger partial charge in [0, 0.05) is 40.8 Å². The molecule has 236 valence electrons. The number of carbonyl (C=O) groups is 2. The van der Waals surface area contributed by atoms with Crippen LogP contribution in [0.4, 0.5) is 0 Å². The third-order valence-corrected chi connectivity index (χ3v) is 9.46. The molecule has 2 aromatic heterocycles. The molecular weight excluding hydrogens is 608 g/mol. The molecule has 0 radical (unpaired) electrons. The maximum atomic E-state index is 14.8. The first kappa shape index (κ1) is 32.6. The first-order valence-corrected chi connectivity index (χ1v) is 16.7. The number of piperazine rings is 1. The van der Waals surface area contributed by atoms with Gasteiger partial charge in [0.1, 0.15) is 11.0 Å². The highest BCUT2D eigenvalue weighted by molar-refractivity contribution is 7.13. The predicted octanol–water partition coefficient (Wildman–Crippen LogP) is 6.49. The minimum Gasteiger partial charge on any atom is -0.480 e. The number of amides is 1. The zero-order valence-corrected chi connectivity index (χ0v) is 27.8. The number of carboxylic acids is 1. The number of nitrogens with one attached hydrogen (secondary N) is 1. The molecule has 10 heteroatoms. The second-order valence-electron chi connectivity index (χ2n) is 11.9. The second kappa shape index (κ2) is 13.7. The highest BCUT2D eigenvalue weighted by Gasteiger charge is 2.35. The largest absolute Gasteiger partial charge is 0.480 e. The summed E-state index contributed by atoms with van der Waals surface area (Å²) < 4.78 is 1.76. The first-order valence-electron chi connectivity index (χ1n) is 15.4. The van der Waals surface area contributed by atoms with Crippen LogP contribution < -0.4 is 10.9 Å². The maximum absolute atomic E-state index is 14.8. The van der Waals surface area contributed by atoms with Gasteiger partial charge in [-0.05, 0) is 61.4 Å². The van der Waals surface area contributed by atoms with E-state index in [-0.39, 0.29) is 30.0 Å². The molecule has 45 heavy (non-hydrogen) atoms. The van der Waals surface area contributed by atoms with E-state index in [0.29, 0.717) is 58.4 Å². The Morgan fingerprint density at radius 1 is 1.11 bits per heavy atom. The van der Waals surface area contributed by atoms with Gasteiger partial charge < -0.3 is 15.3 Å². The van der Waals surface area contributed by atoms with Crippen molar-refractivity contribution in [3.05, 3.63) is 91.7 Å². The van der Waals surface area contributed by atoms with Gasteiger partial charge in [-0.1, -0.05) is 69.6 Å². The number of carbonyl (C=O) groups excluding carboxylic acids is 1. The molecule has 3 heterocycles. The molecule has 1 aliphatic heterocycles. The Morgan fingerprint density at radius 2 is 1.78 bits per heavy atom. The van der Waals surface area contributed by atoms with Crippen LogP contribution in [-0.2, 0) is 24.1 Å². The van der Waals surface area contributed by atoms with Crippen LogP contribution >= 0.6 is 22.9 Å². The van der Waals surface area contributed by atoms with Crippen LogP contribution in [0, 0.1) is 5.92 Å². The summed E-state index contributed by atoms with van der Waals surface area (Å²) in [4.78, 5) is 47.8. The third kappa shape index (κ3) is 6.61. The van der Waals surface area contributed by atoms with Crippen LogP contribution in [0.15, 0.2) is 58.7 Å². The number of hydrogen-bond acceptors (Lipinski definition) is 6. The summed E-state index contributed by atoms with van der Waals surface area (Å²) in [6.07, 6.45) is 1.89. The smallest absolute Gasteiger partial charge is 0.322 e. The Kier molecular flexibility index (Phi) is 9.91. The molecule has 8 nitrogen and oxygen atoms in total. The number of thiazole rings is 1. The summed E-state index contributed by atoms with van der Waals surface area (Å²) in [5.41, 5.74) is 5.55. The van der Waals surface area contributed by atoms with E-state index in [2.05, 4.69) is 33.0 Å². The van der Waals surface area contributed by atoms with Crippen molar-refractivity contribution >= 4 is 34.8 Å². The van der Waals surface area contributed by atoms with Crippen LogP contribution in [0.2, 0.25) is 5.02 Å². The SMILES string of the molecule is CCc1cccc(CC)c1-n1c(CC(C)C)c(C(=O)N2CC(C(=O)O)NCC2C)cc(-c2nc(-c3ccc(Cl)cc3)cs2)c1=O. The molecule has 1 fully saturated rings. The topological polar surface area (TPSA) is 105 Å². The van der Waals surface area contributed by atoms with Gasteiger partial charge in [0.05, 0.1) is 22.5 Å². The van der Waals surface area contributed by atoms with Gasteiger partial charge in [0.15, 0.2) is 0 Å². The number of aromatic nitrogens is 2. The summed E-state index contributed by atoms with van der Waals surface area (Å²) in [6, 6.07) is 14.0. The van der Waals surface area contributed by atoms with Crippen molar-refractivity contribution in [1.82, 2.24) is 19.8 Å². The average Bonchev–Trinajstić information content (AvgIpc) is 3.51. The molecule has 2 N–H and O–H groups in total. The van der Waals surface area contributed by atoms with E-state index in [9.17, 15) is 19.5 Å². The monoisotopic (exact) mass is 646 g/mol. The Morgan fingerprint density at radius 3 is 2.38 bits per heavy atom. The summed E-state index contributed by atoms with van der Waals surface area (Å²) in [5.74, 6) is -1.16. The number of aryl methyl sites for hydroxylation is 2. The normalized spacial score (nSPS) is 16.7. The van der Waals surface area contributed by atoms with Crippen molar-refractivity contribution in [2.75, 3.05) is 13.1 Å². The summed E-state index contributed by atoms with van der Waals surface area (Å²) in [5, 5.41) is 15.8. The Bertz CT molecular complexity index is 1760. The number of halogens is 1. The van der Waals surface area contributed by atoms with E-state index in [1.54, 1.807) is 27.7 Å². The quantitative estimate of drug-likeness (QED) is 0.215. The van der Waals surface area contributed by atoms with Gasteiger partial charge >= 0.3 is 5.97 Å². The minimum absolute atomic E-state index is 0.0225. The molecule has 2 unspecified atom stereocenters. The lowest BCUT2D eigenvalue weighted by molar-refractivity contribution is -0.140. The molecule has 4 aromatic rings. The fourth-order valence-corrected chi connectivity index (χ4v) is 6.90. The molecule has 2 atom stereocenters. The lowest BCUT2D eigenvalue weighted by Gasteiger charge is -2.38. The zero-order chi connectivity index (χ0) is 32.4. The summed E-state index contributed by atoms with van der Waals surface area (Å²) in [7, 11) is 0. The number of para-hydroxylation sites is 1. The van der Waals surface area contributed by atoms with Crippen molar-refractivity contribution in [3.63, 3.8) is 0 Å². The van der Waals surface area contributed by atoms with Gasteiger partial charge in [-0.3, -0.25) is 19.0 Å². The minimum atomic E-state index is -1.00. The fourth-order valence-electron chi connectivity index (χ4n) is 5.94. The van der Waals surface area contributed by atoms with Crippen LogP contribution in [0.25, 0.3) is 27.5 Å². The first-order chi connectivity index (χ1) is 21.5. The zero-order valence-electron chi connectivity index (χ0n) is 26.3. The fraction of sp³-hybridized carbons (Fsp3) is 0.371. The molecule has 0 bridgehead atoms. The summed E-state index contributed by atoms with van der Waals surface area (Å²) in [6.45, 7) is 10.5. The van der Waals surface area contributed by atoms with E-state index >= 15 is 0 Å². The van der Waals surface area contributed by atoms with Gasteiger partial charge in [0.2, 0.25) is 0 Å². The number of aliphatic carboxylic acids is 1. The lowest BCUT2D eigenvalue weighted by atomic mass is 9.96. The number of benzene rings is 2. The Balaban J connectivity index is 1.80. The molecule has 5 rings (SSSR count). The predicted molar refractivity (Wildman–Crippen MR) is 181 cm³/mol. The Labute approximate surface area is 272 Å². The van der Waals surface area contributed by atoms with Gasteiger partial charge in [0.25, 0.3) is 11.5 Å². The number of hydrogen-bond donors (Lipinski definition) is 2. The molecule has 1 aliphatic rings. The van der Waals surface area contributed by atoms with Gasteiger partial charge in [-0.15, -0.1) is 11.3 Å². The molecule has 1 amide bonds. The van der Waals surface area contributed by atoms with Crippen molar-refractivity contribution in [1.29, 1.82) is 0 Å². The van der Waals surface area contributed by atoms with E-state index in [1.165, 1.54) is 11.3 Å². The maximum Gasteiger partial charge on any atom is 0.322 e.